The number of carbonyl (C=O) groups is 1. The predicted molar refractivity (Wildman–Crippen MR) is 79.5 cm³/mol. The van der Waals surface area contributed by atoms with Gasteiger partial charge in [-0.1, -0.05) is 0 Å². The molecule has 1 aromatic carbocycles. The van der Waals surface area contributed by atoms with Crippen molar-refractivity contribution >= 4 is 16.9 Å². The van der Waals surface area contributed by atoms with Crippen LogP contribution in [0.2, 0.25) is 0 Å². The average Bonchev–Trinajstić information content (AvgIpc) is 2.99. The Balaban J connectivity index is 1.87. The summed E-state index contributed by atoms with van der Waals surface area (Å²) in [6.07, 6.45) is 2.58. The van der Waals surface area contributed by atoms with Crippen molar-refractivity contribution in [2.75, 3.05) is 6.61 Å². The molecular formula is C16H15N3O3. The molecule has 22 heavy (non-hydrogen) atoms. The summed E-state index contributed by atoms with van der Waals surface area (Å²) < 4.78 is 6.80. The summed E-state index contributed by atoms with van der Waals surface area (Å²) >= 11 is 0. The van der Waals surface area contributed by atoms with Crippen LogP contribution in [0.15, 0.2) is 23.0 Å². The van der Waals surface area contributed by atoms with Crippen LogP contribution in [0, 0.1) is 11.3 Å². The van der Waals surface area contributed by atoms with Gasteiger partial charge in [-0.3, -0.25) is 9.36 Å². The second-order valence-electron chi connectivity index (χ2n) is 5.22. The van der Waals surface area contributed by atoms with Crippen LogP contribution < -0.4 is 5.56 Å². The monoisotopic (exact) mass is 297 g/mol. The Kier molecular flexibility index (Phi) is 3.88. The van der Waals surface area contributed by atoms with Crippen molar-refractivity contribution in [3.05, 3.63) is 39.9 Å². The van der Waals surface area contributed by atoms with E-state index in [1.54, 1.807) is 22.8 Å². The van der Waals surface area contributed by atoms with E-state index in [9.17, 15) is 9.59 Å². The number of nitrogens with zero attached hydrogens (tertiary/aromatic N) is 3. The highest BCUT2D eigenvalue weighted by molar-refractivity contribution is 5.94. The molecule has 0 aliphatic carbocycles. The van der Waals surface area contributed by atoms with Crippen molar-refractivity contribution in [1.82, 2.24) is 9.55 Å². The Morgan fingerprint density at radius 1 is 1.45 bits per heavy atom. The Hall–Kier alpha value is -2.68. The molecule has 2 aromatic rings. The predicted octanol–water partition coefficient (Wildman–Crippen LogP) is 1.80. The summed E-state index contributed by atoms with van der Waals surface area (Å²) in [4.78, 5) is 28.8. The van der Waals surface area contributed by atoms with E-state index in [1.807, 2.05) is 6.07 Å². The van der Waals surface area contributed by atoms with E-state index in [4.69, 9.17) is 10.00 Å². The van der Waals surface area contributed by atoms with E-state index < -0.39 is 5.97 Å². The van der Waals surface area contributed by atoms with Crippen molar-refractivity contribution in [1.29, 1.82) is 5.26 Å². The first-order valence-corrected chi connectivity index (χ1v) is 7.28. The largest absolute Gasteiger partial charge is 0.462 e. The second kappa shape index (κ2) is 5.98. The van der Waals surface area contributed by atoms with Crippen molar-refractivity contribution in [3.8, 4) is 6.07 Å². The van der Waals surface area contributed by atoms with Gasteiger partial charge in [0.05, 0.1) is 29.1 Å². The maximum absolute atomic E-state index is 12.3. The van der Waals surface area contributed by atoms with Crippen molar-refractivity contribution in [2.24, 2.45) is 0 Å². The third-order valence-electron chi connectivity index (χ3n) is 3.72. The minimum Gasteiger partial charge on any atom is -0.462 e. The summed E-state index contributed by atoms with van der Waals surface area (Å²) in [6.45, 7) is 0.921. The van der Waals surface area contributed by atoms with Crippen molar-refractivity contribution in [2.45, 2.75) is 32.2 Å². The molecule has 2 heterocycles. The van der Waals surface area contributed by atoms with Crippen LogP contribution in [0.3, 0.4) is 0 Å². The topological polar surface area (TPSA) is 85.0 Å². The highest BCUT2D eigenvalue weighted by atomic mass is 16.5. The number of esters is 1. The summed E-state index contributed by atoms with van der Waals surface area (Å²) in [5.41, 5.74) is 0.857. The first-order chi connectivity index (χ1) is 10.7. The zero-order valence-electron chi connectivity index (χ0n) is 12.0. The Labute approximate surface area is 127 Å². The number of aromatic nitrogens is 2. The summed E-state index contributed by atoms with van der Waals surface area (Å²) in [5.74, 6) is 0.319. The summed E-state index contributed by atoms with van der Waals surface area (Å²) in [5, 5.41) is 8.96. The third kappa shape index (κ3) is 2.58. The maximum Gasteiger partial charge on any atom is 0.338 e. The fraction of sp³-hybridized carbons (Fsp3) is 0.375. The quantitative estimate of drug-likeness (QED) is 0.634. The van der Waals surface area contributed by atoms with Gasteiger partial charge < -0.3 is 4.74 Å². The van der Waals surface area contributed by atoms with Gasteiger partial charge in [0.15, 0.2) is 0 Å². The highest BCUT2D eigenvalue weighted by Crippen LogP contribution is 2.16. The Morgan fingerprint density at radius 2 is 2.32 bits per heavy atom. The number of unbranched alkanes of at least 4 members (excludes halogenated alkanes) is 1. The number of hydrogen-bond acceptors (Lipinski definition) is 5. The van der Waals surface area contributed by atoms with Crippen LogP contribution >= 0.6 is 0 Å². The molecule has 0 bridgehead atoms. The van der Waals surface area contributed by atoms with Gasteiger partial charge in [-0.2, -0.15) is 5.26 Å². The number of benzene rings is 1. The molecule has 0 N–H and O–H groups in total. The minimum atomic E-state index is -0.456. The van der Waals surface area contributed by atoms with Crippen LogP contribution in [0.4, 0.5) is 0 Å². The van der Waals surface area contributed by atoms with Crippen LogP contribution in [-0.4, -0.2) is 22.1 Å². The van der Waals surface area contributed by atoms with Gasteiger partial charge in [0.25, 0.3) is 5.56 Å². The molecule has 1 aliphatic heterocycles. The lowest BCUT2D eigenvalue weighted by molar-refractivity contribution is 0.0502. The molecular weight excluding hydrogens is 282 g/mol. The number of rotatable bonds is 4. The van der Waals surface area contributed by atoms with Gasteiger partial charge in [0.2, 0.25) is 0 Å². The Morgan fingerprint density at radius 3 is 3.14 bits per heavy atom. The van der Waals surface area contributed by atoms with Crippen LogP contribution in [0.25, 0.3) is 10.9 Å². The smallest absolute Gasteiger partial charge is 0.338 e. The number of hydrogen-bond donors (Lipinski definition) is 0. The van der Waals surface area contributed by atoms with Gasteiger partial charge in [0.1, 0.15) is 5.82 Å². The highest BCUT2D eigenvalue weighted by Gasteiger charge is 2.17. The maximum atomic E-state index is 12.3. The van der Waals surface area contributed by atoms with Crippen LogP contribution in [0.1, 0.15) is 35.4 Å². The van der Waals surface area contributed by atoms with Gasteiger partial charge in [-0.15, -0.1) is 0 Å². The zero-order chi connectivity index (χ0) is 15.5. The minimum absolute atomic E-state index is 0.0496. The van der Waals surface area contributed by atoms with E-state index in [1.165, 1.54) is 0 Å². The molecule has 0 saturated carbocycles. The van der Waals surface area contributed by atoms with E-state index in [-0.39, 0.29) is 12.2 Å². The number of ether oxygens (including phenoxy) is 1. The molecule has 0 atom stereocenters. The molecule has 6 nitrogen and oxygen atoms in total. The molecule has 0 spiro atoms. The van der Waals surface area contributed by atoms with Crippen LogP contribution in [-0.2, 0) is 17.7 Å². The lowest BCUT2D eigenvalue weighted by Crippen LogP contribution is -2.21. The standard InChI is InChI=1S/C16H15N3O3/c17-7-1-2-9-22-16(21)11-5-6-12-13(10-11)18-14-4-3-8-19(14)15(12)20/h5-6,10H,1-4,8-9H2. The van der Waals surface area contributed by atoms with Crippen molar-refractivity contribution < 1.29 is 9.53 Å². The molecule has 112 valence electrons. The van der Waals surface area contributed by atoms with E-state index in [0.717, 1.165) is 18.7 Å². The molecule has 1 aromatic heterocycles. The Bertz CT molecular complexity index is 833. The summed E-state index contributed by atoms with van der Waals surface area (Å²) in [6, 6.07) is 6.81. The molecule has 0 unspecified atom stereocenters. The van der Waals surface area contributed by atoms with E-state index in [2.05, 4.69) is 4.98 Å². The van der Waals surface area contributed by atoms with E-state index in [0.29, 0.717) is 35.9 Å². The van der Waals surface area contributed by atoms with Gasteiger partial charge >= 0.3 is 5.97 Å². The number of fused-ring (bicyclic) bond motifs is 2. The van der Waals surface area contributed by atoms with Crippen molar-refractivity contribution in [3.63, 3.8) is 0 Å². The second-order valence-corrected chi connectivity index (χ2v) is 5.22. The third-order valence-corrected chi connectivity index (χ3v) is 3.72. The van der Waals surface area contributed by atoms with Gasteiger partial charge in [-0.05, 0) is 31.0 Å². The first-order valence-electron chi connectivity index (χ1n) is 7.28. The molecule has 0 fully saturated rings. The van der Waals surface area contributed by atoms with E-state index >= 15 is 0 Å². The molecule has 6 heteroatoms. The van der Waals surface area contributed by atoms with Gasteiger partial charge in [-0.25, -0.2) is 9.78 Å². The SMILES string of the molecule is N#CCCCOC(=O)c1ccc2c(=O)n3c(nc2c1)CCC3. The lowest BCUT2D eigenvalue weighted by atomic mass is 10.1. The lowest BCUT2D eigenvalue weighted by Gasteiger charge is -2.07. The number of carbonyl (C=O) groups excluding carboxylic acids is 1. The fourth-order valence-corrected chi connectivity index (χ4v) is 2.61. The molecule has 0 radical (unpaired) electrons. The van der Waals surface area contributed by atoms with Gasteiger partial charge in [0, 0.05) is 19.4 Å². The normalized spacial score (nSPS) is 12.9. The number of aryl methyl sites for hydroxylation is 1. The molecule has 1 aliphatic rings. The number of nitriles is 1. The summed E-state index contributed by atoms with van der Waals surface area (Å²) in [7, 11) is 0. The van der Waals surface area contributed by atoms with Crippen LogP contribution in [0.5, 0.6) is 0 Å². The average molecular weight is 297 g/mol. The molecule has 3 rings (SSSR count). The first kappa shape index (κ1) is 14.3. The fourth-order valence-electron chi connectivity index (χ4n) is 2.61. The molecule has 0 saturated heterocycles. The molecule has 0 amide bonds. The zero-order valence-corrected chi connectivity index (χ0v) is 12.0.